The van der Waals surface area contributed by atoms with Crippen LogP contribution in [0.4, 0.5) is 0 Å². The van der Waals surface area contributed by atoms with E-state index in [4.69, 9.17) is 9.84 Å². The Bertz CT molecular complexity index is 611. The van der Waals surface area contributed by atoms with Gasteiger partial charge in [-0.15, -0.1) is 0 Å². The van der Waals surface area contributed by atoms with Gasteiger partial charge in [-0.2, -0.15) is 0 Å². The number of nitrogens with zero attached hydrogens (tertiary/aromatic N) is 1. The van der Waals surface area contributed by atoms with Crippen molar-refractivity contribution in [3.63, 3.8) is 0 Å². The molecule has 1 N–H and O–H groups in total. The molecule has 1 aromatic carbocycles. The van der Waals surface area contributed by atoms with Crippen LogP contribution in [0.25, 0.3) is 10.9 Å². The lowest BCUT2D eigenvalue weighted by Crippen LogP contribution is -2.20. The number of carboxylic acid groups (broad SMARTS) is 1. The average molecular weight is 273 g/mol. The van der Waals surface area contributed by atoms with Gasteiger partial charge in [-0.05, 0) is 30.4 Å². The Morgan fingerprint density at radius 1 is 1.30 bits per heavy atom. The van der Waals surface area contributed by atoms with Crippen LogP contribution >= 0.6 is 0 Å². The third kappa shape index (κ3) is 2.70. The van der Waals surface area contributed by atoms with Crippen molar-refractivity contribution in [1.82, 2.24) is 4.57 Å². The number of benzene rings is 1. The van der Waals surface area contributed by atoms with E-state index < -0.39 is 5.97 Å². The Balaban J connectivity index is 1.91. The molecule has 3 rings (SSSR count). The summed E-state index contributed by atoms with van der Waals surface area (Å²) in [5.74, 6) is -0.156. The molecular weight excluding hydrogens is 254 g/mol. The van der Waals surface area contributed by atoms with Crippen LogP contribution < -0.4 is 0 Å². The maximum atomic E-state index is 11.0. The van der Waals surface area contributed by atoms with Crippen molar-refractivity contribution in [2.24, 2.45) is 5.92 Å². The summed E-state index contributed by atoms with van der Waals surface area (Å²) in [5.41, 5.74) is 2.04. The molecule has 0 saturated carbocycles. The Morgan fingerprint density at radius 2 is 2.05 bits per heavy atom. The summed E-state index contributed by atoms with van der Waals surface area (Å²) in [6.45, 7) is 2.63. The Morgan fingerprint density at radius 3 is 2.80 bits per heavy atom. The zero-order chi connectivity index (χ0) is 13.9. The van der Waals surface area contributed by atoms with Crippen LogP contribution in [-0.2, 0) is 22.5 Å². The lowest BCUT2D eigenvalue weighted by Gasteiger charge is -2.22. The number of aliphatic carboxylic acids is 1. The first-order valence-electron chi connectivity index (χ1n) is 7.10. The SMILES string of the molecule is O=C(O)Cc1cn(CC2CCOCC2)c2ccccc12. The molecule has 106 valence electrons. The number of fused-ring (bicyclic) bond motifs is 1. The highest BCUT2D eigenvalue weighted by Crippen LogP contribution is 2.25. The molecule has 0 radical (unpaired) electrons. The van der Waals surface area contributed by atoms with Crippen LogP contribution in [0.2, 0.25) is 0 Å². The molecular formula is C16H19NO3. The Labute approximate surface area is 118 Å². The van der Waals surface area contributed by atoms with Crippen LogP contribution in [0, 0.1) is 5.92 Å². The zero-order valence-corrected chi connectivity index (χ0v) is 11.4. The number of hydrogen-bond donors (Lipinski definition) is 1. The first kappa shape index (κ1) is 13.2. The highest BCUT2D eigenvalue weighted by molar-refractivity contribution is 5.87. The Hall–Kier alpha value is -1.81. The first-order chi connectivity index (χ1) is 9.74. The van der Waals surface area contributed by atoms with Crippen LogP contribution in [0.3, 0.4) is 0 Å². The summed E-state index contributed by atoms with van der Waals surface area (Å²) in [6.07, 6.45) is 4.26. The fourth-order valence-corrected chi connectivity index (χ4v) is 2.98. The molecule has 2 aromatic rings. The molecule has 0 atom stereocenters. The minimum atomic E-state index is -0.779. The van der Waals surface area contributed by atoms with E-state index in [0.717, 1.165) is 49.1 Å². The average Bonchev–Trinajstić information content (AvgIpc) is 2.78. The summed E-state index contributed by atoms with van der Waals surface area (Å²) in [4.78, 5) is 11.0. The second-order valence-electron chi connectivity index (χ2n) is 5.45. The fraction of sp³-hybridized carbons (Fsp3) is 0.438. The smallest absolute Gasteiger partial charge is 0.307 e. The molecule has 0 aliphatic carbocycles. The van der Waals surface area contributed by atoms with E-state index in [-0.39, 0.29) is 6.42 Å². The third-order valence-corrected chi connectivity index (χ3v) is 4.01. The summed E-state index contributed by atoms with van der Waals surface area (Å²) in [5, 5.41) is 10.1. The number of carboxylic acids is 1. The monoisotopic (exact) mass is 273 g/mol. The van der Waals surface area contributed by atoms with Crippen molar-refractivity contribution >= 4 is 16.9 Å². The fourth-order valence-electron chi connectivity index (χ4n) is 2.98. The minimum absolute atomic E-state index is 0.0846. The van der Waals surface area contributed by atoms with Crippen molar-refractivity contribution in [2.75, 3.05) is 13.2 Å². The minimum Gasteiger partial charge on any atom is -0.481 e. The third-order valence-electron chi connectivity index (χ3n) is 4.01. The largest absolute Gasteiger partial charge is 0.481 e. The van der Waals surface area contributed by atoms with Gasteiger partial charge in [0.05, 0.1) is 6.42 Å². The summed E-state index contributed by atoms with van der Waals surface area (Å²) in [6, 6.07) is 8.05. The molecule has 0 bridgehead atoms. The molecule has 1 saturated heterocycles. The lowest BCUT2D eigenvalue weighted by molar-refractivity contribution is -0.136. The lowest BCUT2D eigenvalue weighted by atomic mass is 10.0. The second kappa shape index (κ2) is 5.67. The standard InChI is InChI=1S/C16H19NO3/c18-16(19)9-13-11-17(10-12-5-7-20-8-6-12)15-4-2-1-3-14(13)15/h1-4,11-12H,5-10H2,(H,18,19). The number of aromatic nitrogens is 1. The molecule has 2 heterocycles. The molecule has 1 aliphatic rings. The van der Waals surface area contributed by atoms with E-state index in [1.165, 1.54) is 0 Å². The van der Waals surface area contributed by atoms with E-state index in [1.54, 1.807) is 0 Å². The van der Waals surface area contributed by atoms with Crippen molar-refractivity contribution in [3.05, 3.63) is 36.0 Å². The van der Waals surface area contributed by atoms with E-state index >= 15 is 0 Å². The van der Waals surface area contributed by atoms with Crippen LogP contribution in [0.5, 0.6) is 0 Å². The van der Waals surface area contributed by atoms with Gasteiger partial charge < -0.3 is 14.4 Å². The molecule has 1 aliphatic heterocycles. The van der Waals surface area contributed by atoms with Gasteiger partial charge in [0.2, 0.25) is 0 Å². The topological polar surface area (TPSA) is 51.5 Å². The quantitative estimate of drug-likeness (QED) is 0.931. The van der Waals surface area contributed by atoms with Gasteiger partial charge in [-0.1, -0.05) is 18.2 Å². The van der Waals surface area contributed by atoms with Gasteiger partial charge in [0.1, 0.15) is 0 Å². The van der Waals surface area contributed by atoms with Crippen LogP contribution in [-0.4, -0.2) is 28.9 Å². The molecule has 4 heteroatoms. The molecule has 0 unspecified atom stereocenters. The van der Waals surface area contributed by atoms with Gasteiger partial charge in [0.25, 0.3) is 0 Å². The van der Waals surface area contributed by atoms with Crippen LogP contribution in [0.1, 0.15) is 18.4 Å². The molecule has 0 amide bonds. The molecule has 1 fully saturated rings. The number of carbonyl (C=O) groups is 1. The van der Waals surface area contributed by atoms with E-state index in [0.29, 0.717) is 5.92 Å². The maximum absolute atomic E-state index is 11.0. The predicted octanol–water partition coefficient (Wildman–Crippen LogP) is 2.70. The normalized spacial score (nSPS) is 16.6. The predicted molar refractivity (Wildman–Crippen MR) is 76.8 cm³/mol. The van der Waals surface area contributed by atoms with Crippen molar-refractivity contribution in [1.29, 1.82) is 0 Å². The van der Waals surface area contributed by atoms with E-state index in [1.807, 2.05) is 24.4 Å². The van der Waals surface area contributed by atoms with Gasteiger partial charge >= 0.3 is 5.97 Å². The van der Waals surface area contributed by atoms with Gasteiger partial charge in [-0.3, -0.25) is 4.79 Å². The molecule has 0 spiro atoms. The molecule has 20 heavy (non-hydrogen) atoms. The van der Waals surface area contributed by atoms with Crippen molar-refractivity contribution in [2.45, 2.75) is 25.8 Å². The molecule has 1 aromatic heterocycles. The number of ether oxygens (including phenoxy) is 1. The first-order valence-corrected chi connectivity index (χ1v) is 7.10. The second-order valence-corrected chi connectivity index (χ2v) is 5.45. The summed E-state index contributed by atoms with van der Waals surface area (Å²) >= 11 is 0. The number of rotatable bonds is 4. The van der Waals surface area contributed by atoms with Crippen LogP contribution in [0.15, 0.2) is 30.5 Å². The highest BCUT2D eigenvalue weighted by atomic mass is 16.5. The summed E-state index contributed by atoms with van der Waals surface area (Å²) < 4.78 is 7.61. The highest BCUT2D eigenvalue weighted by Gasteiger charge is 2.17. The molecule has 4 nitrogen and oxygen atoms in total. The van der Waals surface area contributed by atoms with Gasteiger partial charge in [-0.25, -0.2) is 0 Å². The van der Waals surface area contributed by atoms with Crippen molar-refractivity contribution in [3.8, 4) is 0 Å². The number of para-hydroxylation sites is 1. The van der Waals surface area contributed by atoms with E-state index in [9.17, 15) is 4.79 Å². The van der Waals surface area contributed by atoms with Gasteiger partial charge in [0.15, 0.2) is 0 Å². The summed E-state index contributed by atoms with van der Waals surface area (Å²) in [7, 11) is 0. The Kier molecular flexibility index (Phi) is 3.74. The van der Waals surface area contributed by atoms with E-state index in [2.05, 4.69) is 10.6 Å². The van der Waals surface area contributed by atoms with Gasteiger partial charge in [0, 0.05) is 36.9 Å². The van der Waals surface area contributed by atoms with Crippen molar-refractivity contribution < 1.29 is 14.6 Å². The number of hydrogen-bond acceptors (Lipinski definition) is 2. The zero-order valence-electron chi connectivity index (χ0n) is 11.4. The maximum Gasteiger partial charge on any atom is 0.307 e.